The van der Waals surface area contributed by atoms with Gasteiger partial charge in [-0.3, -0.25) is 9.80 Å². The average molecular weight is 561 g/mol. The van der Waals surface area contributed by atoms with Crippen LogP contribution in [0.3, 0.4) is 0 Å². The third kappa shape index (κ3) is 4.35. The van der Waals surface area contributed by atoms with Crippen LogP contribution in [0.25, 0.3) is 0 Å². The van der Waals surface area contributed by atoms with Crippen molar-refractivity contribution in [3.05, 3.63) is 120 Å². The average Bonchev–Trinajstić information content (AvgIpc) is 3.84. The van der Waals surface area contributed by atoms with Crippen LogP contribution in [0, 0.1) is 0 Å². The molecule has 3 aliphatic heterocycles. The molecule has 210 valence electrons. The number of amides is 4. The van der Waals surface area contributed by atoms with Crippen molar-refractivity contribution in [1.29, 1.82) is 0 Å². The third-order valence-corrected chi connectivity index (χ3v) is 8.05. The number of anilines is 4. The first-order valence-corrected chi connectivity index (χ1v) is 13.9. The van der Waals surface area contributed by atoms with E-state index in [9.17, 15) is 19.5 Å². The SMILES string of the molecule is O=C(O)[C@@H]1CN(C(=O)N(c2ccccc2)c2ccccc2)CCN1C(=O)N1c2ccccc2C2OC2c2ccccc21. The van der Waals surface area contributed by atoms with Crippen LogP contribution < -0.4 is 9.80 Å². The van der Waals surface area contributed by atoms with Gasteiger partial charge in [-0.1, -0.05) is 72.8 Å². The van der Waals surface area contributed by atoms with Gasteiger partial charge in [0.1, 0.15) is 18.2 Å². The maximum atomic E-state index is 14.4. The summed E-state index contributed by atoms with van der Waals surface area (Å²) >= 11 is 0. The van der Waals surface area contributed by atoms with E-state index in [-0.39, 0.29) is 37.9 Å². The molecule has 4 aromatic rings. The molecule has 7 rings (SSSR count). The number of epoxide rings is 1. The minimum atomic E-state index is -1.24. The number of carboxylic acids is 1. The summed E-state index contributed by atoms with van der Waals surface area (Å²) in [6, 6.07) is 31.6. The van der Waals surface area contributed by atoms with Crippen molar-refractivity contribution in [3.63, 3.8) is 0 Å². The molecule has 3 aliphatic rings. The summed E-state index contributed by atoms with van der Waals surface area (Å²) in [5.74, 6) is -1.17. The number of hydrogen-bond donors (Lipinski definition) is 1. The Morgan fingerprint density at radius 2 is 1.19 bits per heavy atom. The number of rotatable bonds is 3. The van der Waals surface area contributed by atoms with Gasteiger partial charge in [0.25, 0.3) is 0 Å². The number of fused-ring (bicyclic) bond motifs is 5. The number of nitrogens with zero attached hydrogens (tertiary/aromatic N) is 4. The summed E-state index contributed by atoms with van der Waals surface area (Å²) in [5.41, 5.74) is 4.43. The number of urea groups is 2. The second kappa shape index (κ2) is 10.4. The second-order valence-corrected chi connectivity index (χ2v) is 10.5. The number of carboxylic acid groups (broad SMARTS) is 1. The van der Waals surface area contributed by atoms with Crippen molar-refractivity contribution in [3.8, 4) is 0 Å². The van der Waals surface area contributed by atoms with Gasteiger partial charge >= 0.3 is 18.0 Å². The predicted molar refractivity (Wildman–Crippen MR) is 157 cm³/mol. The fourth-order valence-corrected chi connectivity index (χ4v) is 5.98. The maximum absolute atomic E-state index is 14.4. The fraction of sp³-hybridized carbons (Fsp3) is 0.182. The number of piperazine rings is 1. The highest BCUT2D eigenvalue weighted by Gasteiger charge is 2.49. The van der Waals surface area contributed by atoms with Gasteiger partial charge in [-0.05, 0) is 36.4 Å². The largest absolute Gasteiger partial charge is 0.480 e. The number of aliphatic carboxylic acids is 1. The third-order valence-electron chi connectivity index (χ3n) is 8.05. The summed E-state index contributed by atoms with van der Waals surface area (Å²) in [6.07, 6.45) is -0.321. The van der Waals surface area contributed by atoms with Gasteiger partial charge in [0.15, 0.2) is 0 Å². The highest BCUT2D eigenvalue weighted by Crippen LogP contribution is 2.58. The first-order valence-electron chi connectivity index (χ1n) is 13.9. The standard InChI is InChI=1S/C33H28N4O5/c38-31(39)28-21-34(32(40)36(22-11-3-1-4-12-22)23-13-5-2-6-14-23)19-20-35(28)33(41)37-26-17-9-7-15-24(26)29-30(42-29)25-16-8-10-18-27(25)37/h1-18,28-30H,19-21H2,(H,38,39)/t28-,29?,30?/m0/s1. The van der Waals surface area contributed by atoms with Gasteiger partial charge in [0.05, 0.1) is 29.3 Å². The molecule has 0 aromatic heterocycles. The molecule has 9 nitrogen and oxygen atoms in total. The van der Waals surface area contributed by atoms with E-state index in [2.05, 4.69) is 0 Å². The molecule has 2 saturated heterocycles. The highest BCUT2D eigenvalue weighted by molar-refractivity contribution is 6.04. The Bertz CT molecular complexity index is 1570. The Balaban J connectivity index is 1.21. The molecule has 2 unspecified atom stereocenters. The molecule has 2 fully saturated rings. The Morgan fingerprint density at radius 3 is 1.71 bits per heavy atom. The van der Waals surface area contributed by atoms with Crippen LogP contribution in [-0.2, 0) is 9.53 Å². The molecule has 4 amide bonds. The minimum absolute atomic E-state index is 0.0587. The summed E-state index contributed by atoms with van der Waals surface area (Å²) in [6.45, 7) is 0.0841. The normalized spacial score (nSPS) is 20.5. The fourth-order valence-electron chi connectivity index (χ4n) is 5.98. The molecule has 0 aliphatic carbocycles. The summed E-state index contributed by atoms with van der Waals surface area (Å²) in [7, 11) is 0. The van der Waals surface area contributed by atoms with E-state index < -0.39 is 18.0 Å². The first kappa shape index (κ1) is 25.8. The lowest BCUT2D eigenvalue weighted by Crippen LogP contribution is -2.62. The number of para-hydroxylation sites is 4. The Labute approximate surface area is 242 Å². The lowest BCUT2D eigenvalue weighted by atomic mass is 10.0. The molecule has 9 heteroatoms. The summed E-state index contributed by atoms with van der Waals surface area (Å²) < 4.78 is 5.98. The Kier molecular flexibility index (Phi) is 6.36. The molecule has 3 heterocycles. The van der Waals surface area contributed by atoms with Crippen LogP contribution in [0.1, 0.15) is 23.3 Å². The van der Waals surface area contributed by atoms with Crippen LogP contribution in [0.5, 0.6) is 0 Å². The molecule has 0 spiro atoms. The molecular weight excluding hydrogens is 532 g/mol. The molecule has 0 bridgehead atoms. The van der Waals surface area contributed by atoms with Crippen LogP contribution in [0.4, 0.5) is 32.3 Å². The van der Waals surface area contributed by atoms with Gasteiger partial charge in [-0.25, -0.2) is 14.4 Å². The van der Waals surface area contributed by atoms with E-state index in [1.165, 1.54) is 9.80 Å². The molecular formula is C33H28N4O5. The van der Waals surface area contributed by atoms with E-state index in [1.807, 2.05) is 109 Å². The first-order chi connectivity index (χ1) is 20.5. The van der Waals surface area contributed by atoms with E-state index in [0.717, 1.165) is 11.1 Å². The monoisotopic (exact) mass is 560 g/mol. The topological polar surface area (TPSA) is 96.9 Å². The van der Waals surface area contributed by atoms with Crippen molar-refractivity contribution in [2.24, 2.45) is 0 Å². The minimum Gasteiger partial charge on any atom is -0.480 e. The highest BCUT2D eigenvalue weighted by atomic mass is 16.6. The quantitative estimate of drug-likeness (QED) is 0.306. The van der Waals surface area contributed by atoms with Crippen LogP contribution >= 0.6 is 0 Å². The number of hydrogen-bond acceptors (Lipinski definition) is 4. The second-order valence-electron chi connectivity index (χ2n) is 10.5. The molecule has 42 heavy (non-hydrogen) atoms. The van der Waals surface area contributed by atoms with Crippen LogP contribution in [0.15, 0.2) is 109 Å². The zero-order chi connectivity index (χ0) is 28.8. The van der Waals surface area contributed by atoms with Crippen molar-refractivity contribution in [1.82, 2.24) is 9.80 Å². The zero-order valence-electron chi connectivity index (χ0n) is 22.6. The maximum Gasteiger partial charge on any atom is 0.330 e. The lowest BCUT2D eigenvalue weighted by Gasteiger charge is -2.42. The van der Waals surface area contributed by atoms with Gasteiger partial charge in [-0.2, -0.15) is 0 Å². The lowest BCUT2D eigenvalue weighted by molar-refractivity contribution is -0.143. The summed E-state index contributed by atoms with van der Waals surface area (Å²) in [4.78, 5) is 47.1. The number of carbonyl (C=O) groups excluding carboxylic acids is 2. The molecule has 3 atom stereocenters. The van der Waals surface area contributed by atoms with Crippen molar-refractivity contribution < 1.29 is 24.2 Å². The van der Waals surface area contributed by atoms with E-state index in [0.29, 0.717) is 22.7 Å². The smallest absolute Gasteiger partial charge is 0.330 e. The van der Waals surface area contributed by atoms with Crippen molar-refractivity contribution >= 4 is 40.8 Å². The molecule has 1 N–H and O–H groups in total. The molecule has 0 saturated carbocycles. The zero-order valence-corrected chi connectivity index (χ0v) is 22.6. The van der Waals surface area contributed by atoms with Crippen molar-refractivity contribution in [2.75, 3.05) is 29.4 Å². The molecule has 4 aromatic carbocycles. The number of carbonyl (C=O) groups is 3. The number of benzene rings is 4. The van der Waals surface area contributed by atoms with E-state index in [1.54, 1.807) is 9.80 Å². The Morgan fingerprint density at radius 1 is 0.690 bits per heavy atom. The van der Waals surface area contributed by atoms with Crippen molar-refractivity contribution in [2.45, 2.75) is 18.2 Å². The van der Waals surface area contributed by atoms with Gasteiger partial charge in [0, 0.05) is 24.2 Å². The van der Waals surface area contributed by atoms with Crippen LogP contribution in [-0.4, -0.2) is 58.6 Å². The van der Waals surface area contributed by atoms with Gasteiger partial charge in [0.2, 0.25) is 0 Å². The van der Waals surface area contributed by atoms with Gasteiger partial charge in [-0.15, -0.1) is 0 Å². The van der Waals surface area contributed by atoms with E-state index >= 15 is 0 Å². The van der Waals surface area contributed by atoms with E-state index in [4.69, 9.17) is 4.74 Å². The summed E-state index contributed by atoms with van der Waals surface area (Å²) in [5, 5.41) is 10.3. The van der Waals surface area contributed by atoms with Gasteiger partial charge < -0.3 is 19.6 Å². The number of ether oxygens (including phenoxy) is 1. The predicted octanol–water partition coefficient (Wildman–Crippen LogP) is 6.10. The molecule has 0 radical (unpaired) electrons. The Hall–Kier alpha value is -5.15. The van der Waals surface area contributed by atoms with Crippen LogP contribution in [0.2, 0.25) is 0 Å².